The number of oxazole rings is 1. The number of nitrogens with zero attached hydrogens (tertiary/aromatic N) is 3. The Hall–Kier alpha value is -1.88. The maximum absolute atomic E-state index is 5.58. The molecule has 0 saturated heterocycles. The molecule has 3 aromatic rings. The Kier molecular flexibility index (Phi) is 3.44. The molecule has 1 aromatic carbocycles. The highest BCUT2D eigenvalue weighted by Crippen LogP contribution is 2.27. The third kappa shape index (κ3) is 2.54. The predicted molar refractivity (Wildman–Crippen MR) is 80.4 cm³/mol. The molecule has 3 rings (SSSR count). The molecule has 5 heteroatoms. The molecule has 0 N–H and O–H groups in total. The smallest absolute Gasteiger partial charge is 0.227 e. The second-order valence-electron chi connectivity index (χ2n) is 4.68. The van der Waals surface area contributed by atoms with Gasteiger partial charge in [-0.25, -0.2) is 9.97 Å². The lowest BCUT2D eigenvalue weighted by atomic mass is 10.2. The second-order valence-corrected chi connectivity index (χ2v) is 5.54. The van der Waals surface area contributed by atoms with Gasteiger partial charge in [-0.05, 0) is 41.9 Å². The first-order valence-corrected chi connectivity index (χ1v) is 7.12. The van der Waals surface area contributed by atoms with Crippen LogP contribution in [0.15, 0.2) is 45.6 Å². The largest absolute Gasteiger partial charge is 0.444 e. The van der Waals surface area contributed by atoms with Gasteiger partial charge in [0.2, 0.25) is 5.89 Å². The molecule has 0 aliphatic carbocycles. The van der Waals surface area contributed by atoms with Gasteiger partial charge in [0.15, 0.2) is 0 Å². The van der Waals surface area contributed by atoms with Crippen LogP contribution in [0.4, 0.5) is 0 Å². The van der Waals surface area contributed by atoms with Gasteiger partial charge in [0.25, 0.3) is 0 Å². The Morgan fingerprint density at radius 1 is 1.20 bits per heavy atom. The summed E-state index contributed by atoms with van der Waals surface area (Å²) >= 11 is 3.51. The molecule has 0 unspecified atom stereocenters. The minimum Gasteiger partial charge on any atom is -0.444 e. The predicted octanol–water partition coefficient (Wildman–Crippen LogP) is 3.97. The van der Waals surface area contributed by atoms with E-state index in [2.05, 4.69) is 30.5 Å². The number of aryl methyl sites for hydroxylation is 2. The molecule has 2 aromatic heterocycles. The van der Waals surface area contributed by atoms with Gasteiger partial charge in [0.05, 0.1) is 23.5 Å². The van der Waals surface area contributed by atoms with Crippen molar-refractivity contribution in [2.45, 2.75) is 20.4 Å². The topological polar surface area (TPSA) is 43.9 Å². The first-order valence-electron chi connectivity index (χ1n) is 6.33. The van der Waals surface area contributed by atoms with Gasteiger partial charge in [-0.1, -0.05) is 12.1 Å². The molecule has 0 aliphatic heterocycles. The number of imidazole rings is 1. The van der Waals surface area contributed by atoms with Crippen molar-refractivity contribution in [3.05, 3.63) is 58.4 Å². The van der Waals surface area contributed by atoms with Crippen molar-refractivity contribution in [1.29, 1.82) is 0 Å². The zero-order valence-corrected chi connectivity index (χ0v) is 12.9. The lowest BCUT2D eigenvalue weighted by Gasteiger charge is -2.00. The minimum atomic E-state index is 0.627. The zero-order valence-electron chi connectivity index (χ0n) is 11.3. The molecular formula is C15H14BrN3O. The maximum atomic E-state index is 5.58. The summed E-state index contributed by atoms with van der Waals surface area (Å²) in [5.41, 5.74) is 2.85. The average Bonchev–Trinajstić information content (AvgIpc) is 2.98. The van der Waals surface area contributed by atoms with Crippen LogP contribution >= 0.6 is 15.9 Å². The van der Waals surface area contributed by atoms with Crippen LogP contribution in [0.3, 0.4) is 0 Å². The van der Waals surface area contributed by atoms with E-state index in [-0.39, 0.29) is 0 Å². The second kappa shape index (κ2) is 5.25. The van der Waals surface area contributed by atoms with Crippen molar-refractivity contribution < 1.29 is 4.42 Å². The van der Waals surface area contributed by atoms with Crippen LogP contribution in [-0.4, -0.2) is 14.5 Å². The molecule has 0 spiro atoms. The average molecular weight is 332 g/mol. The van der Waals surface area contributed by atoms with E-state index in [1.807, 2.05) is 44.3 Å². The van der Waals surface area contributed by atoms with Crippen LogP contribution in [0, 0.1) is 13.8 Å². The Labute approximate surface area is 125 Å². The van der Waals surface area contributed by atoms with Crippen molar-refractivity contribution in [3.8, 4) is 11.5 Å². The lowest BCUT2D eigenvalue weighted by molar-refractivity contribution is 0.571. The van der Waals surface area contributed by atoms with Gasteiger partial charge >= 0.3 is 0 Å². The molecule has 102 valence electrons. The van der Waals surface area contributed by atoms with Gasteiger partial charge < -0.3 is 8.98 Å². The minimum absolute atomic E-state index is 0.627. The zero-order chi connectivity index (χ0) is 14.1. The molecular weight excluding hydrogens is 318 g/mol. The highest BCUT2D eigenvalue weighted by atomic mass is 79.9. The molecule has 0 fully saturated rings. The normalized spacial score (nSPS) is 10.9. The van der Waals surface area contributed by atoms with E-state index < -0.39 is 0 Å². The number of hydrogen-bond acceptors (Lipinski definition) is 3. The summed E-state index contributed by atoms with van der Waals surface area (Å²) in [5.74, 6) is 1.61. The summed E-state index contributed by atoms with van der Waals surface area (Å²) in [6.45, 7) is 4.64. The van der Waals surface area contributed by atoms with Crippen LogP contribution in [0.5, 0.6) is 0 Å². The van der Waals surface area contributed by atoms with Crippen LogP contribution in [-0.2, 0) is 6.54 Å². The summed E-state index contributed by atoms with van der Waals surface area (Å²) in [4.78, 5) is 8.93. The van der Waals surface area contributed by atoms with Gasteiger partial charge in [-0.2, -0.15) is 0 Å². The quantitative estimate of drug-likeness (QED) is 0.729. The van der Waals surface area contributed by atoms with Crippen LogP contribution < -0.4 is 0 Å². The number of benzene rings is 1. The maximum Gasteiger partial charge on any atom is 0.227 e. The molecule has 0 atom stereocenters. The number of hydrogen-bond donors (Lipinski definition) is 0. The molecule has 0 aliphatic rings. The Balaban J connectivity index is 1.88. The molecule has 20 heavy (non-hydrogen) atoms. The summed E-state index contributed by atoms with van der Waals surface area (Å²) in [5, 5.41) is 0. The highest BCUT2D eigenvalue weighted by Gasteiger charge is 2.10. The van der Waals surface area contributed by atoms with Gasteiger partial charge in [0, 0.05) is 10.7 Å². The monoisotopic (exact) mass is 331 g/mol. The van der Waals surface area contributed by atoms with E-state index in [4.69, 9.17) is 4.42 Å². The van der Waals surface area contributed by atoms with Crippen LogP contribution in [0.25, 0.3) is 11.5 Å². The van der Waals surface area contributed by atoms with Gasteiger partial charge in [-0.15, -0.1) is 0 Å². The standard InChI is InChI=1S/C15H14BrN3O/c1-10-7-19(11(2)17-10)8-12-9-20-15(18-12)13-5-3-4-6-14(13)16/h3-7,9H,8H2,1-2H3. The fourth-order valence-electron chi connectivity index (χ4n) is 2.14. The van der Waals surface area contributed by atoms with Crippen molar-refractivity contribution in [1.82, 2.24) is 14.5 Å². The summed E-state index contributed by atoms with van der Waals surface area (Å²) in [7, 11) is 0. The summed E-state index contributed by atoms with van der Waals surface area (Å²) in [6.07, 6.45) is 3.71. The van der Waals surface area contributed by atoms with E-state index in [0.29, 0.717) is 12.4 Å². The van der Waals surface area contributed by atoms with E-state index in [1.165, 1.54) is 0 Å². The van der Waals surface area contributed by atoms with E-state index >= 15 is 0 Å². The summed E-state index contributed by atoms with van der Waals surface area (Å²) in [6, 6.07) is 7.89. The van der Waals surface area contributed by atoms with Crippen molar-refractivity contribution >= 4 is 15.9 Å². The van der Waals surface area contributed by atoms with Crippen LogP contribution in [0.2, 0.25) is 0 Å². The van der Waals surface area contributed by atoms with E-state index in [0.717, 1.165) is 27.2 Å². The van der Waals surface area contributed by atoms with Crippen molar-refractivity contribution in [3.63, 3.8) is 0 Å². The molecule has 0 amide bonds. The van der Waals surface area contributed by atoms with Crippen molar-refractivity contribution in [2.24, 2.45) is 0 Å². The molecule has 0 bridgehead atoms. The van der Waals surface area contributed by atoms with Gasteiger partial charge in [0.1, 0.15) is 12.1 Å². The molecule has 0 saturated carbocycles. The lowest BCUT2D eigenvalue weighted by Crippen LogP contribution is -2.00. The molecule has 4 nitrogen and oxygen atoms in total. The molecule has 0 radical (unpaired) electrons. The Morgan fingerprint density at radius 2 is 2.00 bits per heavy atom. The molecule has 2 heterocycles. The van der Waals surface area contributed by atoms with E-state index in [9.17, 15) is 0 Å². The first-order chi connectivity index (χ1) is 9.63. The SMILES string of the molecule is Cc1cn(Cc2coc(-c3ccccc3Br)n2)c(C)n1. The Morgan fingerprint density at radius 3 is 2.70 bits per heavy atom. The van der Waals surface area contributed by atoms with E-state index in [1.54, 1.807) is 6.26 Å². The van der Waals surface area contributed by atoms with Crippen LogP contribution in [0.1, 0.15) is 17.2 Å². The van der Waals surface area contributed by atoms with Gasteiger partial charge in [-0.3, -0.25) is 0 Å². The third-order valence-corrected chi connectivity index (χ3v) is 3.78. The number of aromatic nitrogens is 3. The summed E-state index contributed by atoms with van der Waals surface area (Å²) < 4.78 is 8.62. The number of halogens is 1. The fourth-order valence-corrected chi connectivity index (χ4v) is 2.59. The highest BCUT2D eigenvalue weighted by molar-refractivity contribution is 9.10. The Bertz CT molecular complexity index is 745. The van der Waals surface area contributed by atoms with Crippen molar-refractivity contribution in [2.75, 3.05) is 0 Å². The fraction of sp³-hybridized carbons (Fsp3) is 0.200. The first kappa shape index (κ1) is 13.1. The number of rotatable bonds is 3. The third-order valence-electron chi connectivity index (χ3n) is 3.08.